The van der Waals surface area contributed by atoms with Gasteiger partial charge in [-0.2, -0.15) is 14.6 Å². The molecule has 13 nitrogen and oxygen atoms in total. The Kier molecular flexibility index (Phi) is 9.25. The number of carboxylic acid groups (broad SMARTS) is 1. The van der Waals surface area contributed by atoms with Crippen LogP contribution in [0, 0.1) is 6.92 Å². The molecule has 0 unspecified atom stereocenters. The number of nitrogens with one attached hydrogen (secondary N) is 1. The number of carbonyl (C=O) groups excluding carboxylic acids is 2. The van der Waals surface area contributed by atoms with Crippen molar-refractivity contribution in [2.24, 2.45) is 5.73 Å². The largest absolute Gasteiger partial charge is 0.477 e. The highest BCUT2D eigenvalue weighted by atomic mass is 35.5. The van der Waals surface area contributed by atoms with Crippen LogP contribution >= 0.6 is 12.4 Å². The number of nitrogens with zero attached hydrogens (tertiary/aromatic N) is 5. The van der Waals surface area contributed by atoms with Gasteiger partial charge < -0.3 is 25.3 Å². The average Bonchev–Trinajstić information content (AvgIpc) is 3.56. The Morgan fingerprint density at radius 2 is 1.79 bits per heavy atom. The molecule has 0 aliphatic rings. The second-order valence-electron chi connectivity index (χ2n) is 7.91. The smallest absolute Gasteiger partial charge is 0.354 e. The van der Waals surface area contributed by atoms with E-state index in [0.717, 1.165) is 39.1 Å². The zero-order valence-electron chi connectivity index (χ0n) is 20.8. The zero-order chi connectivity index (χ0) is 27.2. The summed E-state index contributed by atoms with van der Waals surface area (Å²) in [5.74, 6) is -1.56. The first-order chi connectivity index (χ1) is 18.3. The van der Waals surface area contributed by atoms with E-state index >= 15 is 0 Å². The number of fused-ring (bicyclic) bond motifs is 2. The van der Waals surface area contributed by atoms with E-state index in [1.54, 1.807) is 24.3 Å². The number of aromatic nitrogens is 5. The number of hydrogen-bond acceptors (Lipinski definition) is 10. The van der Waals surface area contributed by atoms with E-state index < -0.39 is 17.8 Å². The molecule has 14 heteroatoms. The van der Waals surface area contributed by atoms with Crippen LogP contribution in [0.4, 0.5) is 0 Å². The standard InChI is InChI=1S/C16H13N5O5.C9H10N2O.ClH/c1-26-15(25)10-4-2-9(3-5-10)7-17-13(22)11-6-12(14(23)24)21-16(20-11)18-8-19-21;1-6-11-8-4-7(5-10)2-3-9(8)12-6;/h2-6,8H,7H2,1H3,(H,17,22)(H,23,24);2-4H,5,10H2,1H3;1H. The minimum atomic E-state index is -1.25. The number of amides is 1. The maximum absolute atomic E-state index is 12.3. The van der Waals surface area contributed by atoms with Crippen molar-refractivity contribution in [2.75, 3.05) is 7.11 Å². The molecule has 202 valence electrons. The van der Waals surface area contributed by atoms with Crippen LogP contribution in [0.1, 0.15) is 48.4 Å². The molecule has 1 amide bonds. The van der Waals surface area contributed by atoms with E-state index in [1.807, 2.05) is 25.1 Å². The van der Waals surface area contributed by atoms with Gasteiger partial charge >= 0.3 is 11.9 Å². The van der Waals surface area contributed by atoms with Gasteiger partial charge in [0.15, 0.2) is 17.2 Å². The highest BCUT2D eigenvalue weighted by Gasteiger charge is 2.17. The Bertz CT molecular complexity index is 1630. The van der Waals surface area contributed by atoms with E-state index in [2.05, 4.69) is 30.1 Å². The summed E-state index contributed by atoms with van der Waals surface area (Å²) in [5, 5.41) is 15.6. The zero-order valence-corrected chi connectivity index (χ0v) is 21.6. The summed E-state index contributed by atoms with van der Waals surface area (Å²) >= 11 is 0. The summed E-state index contributed by atoms with van der Waals surface area (Å²) in [6, 6.07) is 13.4. The first kappa shape index (κ1) is 28.7. The van der Waals surface area contributed by atoms with Gasteiger partial charge in [-0.15, -0.1) is 12.4 Å². The number of oxazole rings is 1. The van der Waals surface area contributed by atoms with E-state index in [0.29, 0.717) is 18.0 Å². The van der Waals surface area contributed by atoms with Crippen LogP contribution in [-0.4, -0.2) is 54.6 Å². The molecule has 0 aliphatic heterocycles. The molecular weight excluding hydrogens is 530 g/mol. The van der Waals surface area contributed by atoms with Crippen LogP contribution < -0.4 is 11.1 Å². The molecule has 0 saturated carbocycles. The van der Waals surface area contributed by atoms with Crippen molar-refractivity contribution in [3.63, 3.8) is 0 Å². The molecule has 4 N–H and O–H groups in total. The highest BCUT2D eigenvalue weighted by Crippen LogP contribution is 2.16. The van der Waals surface area contributed by atoms with Crippen molar-refractivity contribution < 1.29 is 28.6 Å². The van der Waals surface area contributed by atoms with Crippen molar-refractivity contribution in [3.8, 4) is 0 Å². The average molecular weight is 554 g/mol. The number of nitrogens with two attached hydrogens (primary N) is 1. The van der Waals surface area contributed by atoms with Crippen LogP contribution in [0.2, 0.25) is 0 Å². The molecule has 2 aromatic carbocycles. The second kappa shape index (κ2) is 12.6. The minimum Gasteiger partial charge on any atom is -0.477 e. The SMILES string of the molecule is COC(=O)c1ccc(CNC(=O)c2cc(C(=O)O)n3ncnc3n2)cc1.Cc1nc2cc(CN)ccc2o1.Cl. The predicted molar refractivity (Wildman–Crippen MR) is 141 cm³/mol. The first-order valence-corrected chi connectivity index (χ1v) is 11.2. The first-order valence-electron chi connectivity index (χ1n) is 11.2. The van der Waals surface area contributed by atoms with Crippen molar-refractivity contribution in [2.45, 2.75) is 20.0 Å². The lowest BCUT2D eigenvalue weighted by Crippen LogP contribution is -2.25. The number of benzene rings is 2. The summed E-state index contributed by atoms with van der Waals surface area (Å²) in [5.41, 5.74) is 9.11. The Hall–Kier alpha value is -4.88. The van der Waals surface area contributed by atoms with Crippen molar-refractivity contribution in [3.05, 3.63) is 88.8 Å². The van der Waals surface area contributed by atoms with Gasteiger partial charge in [0.25, 0.3) is 11.7 Å². The Morgan fingerprint density at radius 1 is 1.08 bits per heavy atom. The molecule has 0 aliphatic carbocycles. The number of aryl methyl sites for hydroxylation is 1. The maximum atomic E-state index is 12.3. The molecule has 0 atom stereocenters. The van der Waals surface area contributed by atoms with Gasteiger partial charge in [-0.3, -0.25) is 4.79 Å². The van der Waals surface area contributed by atoms with Gasteiger partial charge in [0, 0.05) is 26.1 Å². The van der Waals surface area contributed by atoms with E-state index in [1.165, 1.54) is 7.11 Å². The fraction of sp³-hybridized carbons (Fsp3) is 0.160. The Labute approximate surface area is 227 Å². The number of carboxylic acids is 1. The molecule has 0 spiro atoms. The Balaban J connectivity index is 0.000000270. The van der Waals surface area contributed by atoms with Gasteiger partial charge in [0.1, 0.15) is 17.5 Å². The molecule has 0 bridgehead atoms. The summed E-state index contributed by atoms with van der Waals surface area (Å²) in [6.07, 6.45) is 1.15. The molecular formula is C25H24ClN7O6. The number of halogens is 1. The topological polar surface area (TPSA) is 188 Å². The lowest BCUT2D eigenvalue weighted by atomic mass is 10.1. The monoisotopic (exact) mass is 553 g/mol. The normalized spacial score (nSPS) is 10.3. The summed E-state index contributed by atoms with van der Waals surface area (Å²) < 4.78 is 11.0. The summed E-state index contributed by atoms with van der Waals surface area (Å²) in [4.78, 5) is 47.0. The van der Waals surface area contributed by atoms with Crippen LogP contribution in [0.3, 0.4) is 0 Å². The quantitative estimate of drug-likeness (QED) is 0.262. The number of rotatable bonds is 6. The fourth-order valence-corrected chi connectivity index (χ4v) is 3.45. The third-order valence-corrected chi connectivity index (χ3v) is 5.33. The van der Waals surface area contributed by atoms with Crippen LogP contribution in [0.25, 0.3) is 16.9 Å². The van der Waals surface area contributed by atoms with E-state index in [9.17, 15) is 19.5 Å². The molecule has 0 radical (unpaired) electrons. The maximum Gasteiger partial charge on any atom is 0.354 e. The number of carbonyl (C=O) groups is 3. The molecule has 39 heavy (non-hydrogen) atoms. The molecule has 3 aromatic heterocycles. The van der Waals surface area contributed by atoms with Crippen molar-refractivity contribution in [1.29, 1.82) is 0 Å². The van der Waals surface area contributed by atoms with Gasteiger partial charge in [-0.05, 0) is 35.4 Å². The van der Waals surface area contributed by atoms with Crippen LogP contribution in [0.5, 0.6) is 0 Å². The minimum absolute atomic E-state index is 0. The molecule has 5 rings (SSSR count). The summed E-state index contributed by atoms with van der Waals surface area (Å²) in [6.45, 7) is 2.55. The number of ether oxygens (including phenoxy) is 1. The van der Waals surface area contributed by atoms with Gasteiger partial charge in [0.05, 0.1) is 12.7 Å². The fourth-order valence-electron chi connectivity index (χ4n) is 3.45. The molecule has 5 aromatic rings. The van der Waals surface area contributed by atoms with E-state index in [4.69, 9.17) is 10.2 Å². The van der Waals surface area contributed by atoms with Crippen molar-refractivity contribution in [1.82, 2.24) is 29.9 Å². The Morgan fingerprint density at radius 3 is 2.46 bits per heavy atom. The lowest BCUT2D eigenvalue weighted by Gasteiger charge is -2.07. The van der Waals surface area contributed by atoms with Crippen molar-refractivity contribution >= 4 is 47.1 Å². The van der Waals surface area contributed by atoms with Crippen LogP contribution in [0.15, 0.2) is 59.3 Å². The third-order valence-electron chi connectivity index (χ3n) is 5.33. The number of hydrogen-bond donors (Lipinski definition) is 3. The van der Waals surface area contributed by atoms with Gasteiger partial charge in [-0.25, -0.2) is 19.6 Å². The number of methoxy groups -OCH3 is 1. The lowest BCUT2D eigenvalue weighted by molar-refractivity contribution is 0.0599. The van der Waals surface area contributed by atoms with Gasteiger partial charge in [0.2, 0.25) is 0 Å². The molecule has 0 saturated heterocycles. The predicted octanol–water partition coefficient (Wildman–Crippen LogP) is 2.56. The summed E-state index contributed by atoms with van der Waals surface area (Å²) in [7, 11) is 1.29. The highest BCUT2D eigenvalue weighted by molar-refractivity contribution is 5.95. The number of aromatic carboxylic acids is 1. The molecule has 0 fully saturated rings. The number of esters is 1. The van der Waals surface area contributed by atoms with Gasteiger partial charge in [-0.1, -0.05) is 18.2 Å². The van der Waals surface area contributed by atoms with Crippen LogP contribution in [-0.2, 0) is 17.8 Å². The second-order valence-corrected chi connectivity index (χ2v) is 7.91. The molecule has 3 heterocycles. The third kappa shape index (κ3) is 6.71. The van der Waals surface area contributed by atoms with E-state index in [-0.39, 0.29) is 36.1 Å².